The van der Waals surface area contributed by atoms with Crippen LogP contribution in [-0.4, -0.2) is 57.4 Å². The molecule has 2 heterocycles. The molecule has 0 unspecified atom stereocenters. The van der Waals surface area contributed by atoms with Crippen molar-refractivity contribution in [2.75, 3.05) is 25.0 Å². The largest absolute Gasteiger partial charge is 0.459 e. The summed E-state index contributed by atoms with van der Waals surface area (Å²) in [7, 11) is 3.31. The number of hydrazine groups is 1. The lowest BCUT2D eigenvalue weighted by Gasteiger charge is -2.32. The minimum Gasteiger partial charge on any atom is -0.459 e. The lowest BCUT2D eigenvalue weighted by Crippen LogP contribution is -2.47. The number of rotatable bonds is 7. The van der Waals surface area contributed by atoms with Crippen molar-refractivity contribution >= 4 is 17.6 Å². The van der Waals surface area contributed by atoms with E-state index in [1.165, 1.54) is 15.7 Å². The summed E-state index contributed by atoms with van der Waals surface area (Å²) < 4.78 is 11.6. The van der Waals surface area contributed by atoms with Crippen LogP contribution < -0.4 is 10.7 Å². The topological polar surface area (TPSA) is 101 Å². The third-order valence-electron chi connectivity index (χ3n) is 6.29. The molecular weight excluding hydrogens is 474 g/mol. The van der Waals surface area contributed by atoms with Crippen molar-refractivity contribution < 1.29 is 18.8 Å². The van der Waals surface area contributed by atoms with E-state index in [4.69, 9.17) is 9.26 Å². The monoisotopic (exact) mass is 507 g/mol. The zero-order valence-corrected chi connectivity index (χ0v) is 22.1. The number of benzene rings is 2. The molecule has 0 saturated heterocycles. The first-order valence-electron chi connectivity index (χ1n) is 12.1. The molecule has 0 saturated carbocycles. The highest BCUT2D eigenvalue weighted by Gasteiger charge is 2.28. The van der Waals surface area contributed by atoms with E-state index in [0.29, 0.717) is 30.2 Å². The number of hydrogen-bond donors (Lipinski definition) is 0. The van der Waals surface area contributed by atoms with E-state index in [1.807, 2.05) is 36.2 Å². The van der Waals surface area contributed by atoms with Gasteiger partial charge in [-0.2, -0.15) is 0 Å². The van der Waals surface area contributed by atoms with E-state index in [9.17, 15) is 14.4 Å². The Labute approximate surface area is 216 Å². The van der Waals surface area contributed by atoms with Gasteiger partial charge in [0.25, 0.3) is 5.91 Å². The molecule has 0 spiro atoms. The first kappa shape index (κ1) is 26.2. The second kappa shape index (κ2) is 10.2. The van der Waals surface area contributed by atoms with Crippen LogP contribution in [0.2, 0.25) is 0 Å². The number of carbonyl (C=O) groups is 2. The Morgan fingerprint density at radius 2 is 1.73 bits per heavy atom. The average molecular weight is 508 g/mol. The molecule has 0 fully saturated rings. The van der Waals surface area contributed by atoms with E-state index in [-0.39, 0.29) is 19.0 Å². The number of anilines is 1. The summed E-state index contributed by atoms with van der Waals surface area (Å²) in [5, 5.41) is 7.46. The highest BCUT2D eigenvalue weighted by atomic mass is 16.6. The minimum atomic E-state index is -0.666. The van der Waals surface area contributed by atoms with Gasteiger partial charge in [0.2, 0.25) is 0 Å². The Hall–Kier alpha value is -3.92. The molecule has 0 N–H and O–H groups in total. The van der Waals surface area contributed by atoms with Gasteiger partial charge < -0.3 is 9.64 Å². The van der Waals surface area contributed by atoms with Gasteiger partial charge in [-0.15, -0.1) is 0 Å². The van der Waals surface area contributed by atoms with Crippen LogP contribution in [0.5, 0.6) is 0 Å². The second-order valence-corrected chi connectivity index (χ2v) is 10.3. The number of likely N-dealkylation sites (N-methyl/N-ethyl adjacent to an activating group) is 1. The van der Waals surface area contributed by atoms with Gasteiger partial charge in [0.15, 0.2) is 5.82 Å². The summed E-state index contributed by atoms with van der Waals surface area (Å²) in [5.74, 6) is -0.849. The minimum absolute atomic E-state index is 0.0510. The van der Waals surface area contributed by atoms with Gasteiger partial charge in [-0.25, -0.2) is 9.80 Å². The number of hydrogen-bond acceptors (Lipinski definition) is 8. The van der Waals surface area contributed by atoms with Crippen LogP contribution in [0.1, 0.15) is 37.5 Å². The number of carbonyl (C=O) groups excluding carboxylic acids is 2. The Bertz CT molecular complexity index is 1340. The fraction of sp³-hybridized carbons (Fsp3) is 0.407. The van der Waals surface area contributed by atoms with Crippen molar-refractivity contribution in [3.05, 3.63) is 69.7 Å². The van der Waals surface area contributed by atoms with E-state index in [2.05, 4.69) is 17.3 Å². The van der Waals surface area contributed by atoms with E-state index in [0.717, 1.165) is 5.56 Å². The smallest absolute Gasteiger partial charge is 0.441 e. The molecule has 1 aliphatic rings. The number of aryl methyl sites for hydroxylation is 1. The molecule has 196 valence electrons. The molecule has 1 aliphatic heterocycles. The van der Waals surface area contributed by atoms with Crippen LogP contribution in [0.4, 0.5) is 5.69 Å². The Morgan fingerprint density at radius 1 is 1.08 bits per heavy atom. The summed E-state index contributed by atoms with van der Waals surface area (Å²) in [6.45, 7) is 8.40. The Kier molecular flexibility index (Phi) is 7.22. The first-order chi connectivity index (χ1) is 17.4. The molecule has 10 heteroatoms. The fourth-order valence-electron chi connectivity index (χ4n) is 4.33. The lowest BCUT2D eigenvalue weighted by atomic mass is 10.1. The molecule has 1 amide bonds. The zero-order chi connectivity index (χ0) is 26.9. The predicted molar refractivity (Wildman–Crippen MR) is 138 cm³/mol. The highest BCUT2D eigenvalue weighted by Crippen LogP contribution is 2.28. The summed E-state index contributed by atoms with van der Waals surface area (Å²) in [5.41, 5.74) is 3.85. The van der Waals surface area contributed by atoms with Crippen LogP contribution in [0.3, 0.4) is 0 Å². The normalized spacial score (nSPS) is 13.4. The molecule has 3 aromatic rings. The SMILES string of the molecule is Cc1ccc(-c2noc(=O)n2C)cc1N(CC(=O)OC(C)(C)C)CC(=O)N(C)N1Cc2ccccc2C1. The van der Waals surface area contributed by atoms with Crippen LogP contribution >= 0.6 is 0 Å². The maximum Gasteiger partial charge on any atom is 0.441 e. The van der Waals surface area contributed by atoms with Crippen molar-refractivity contribution in [2.45, 2.75) is 46.4 Å². The summed E-state index contributed by atoms with van der Waals surface area (Å²) in [6, 6.07) is 13.6. The highest BCUT2D eigenvalue weighted by molar-refractivity contribution is 5.85. The van der Waals surface area contributed by atoms with E-state index >= 15 is 0 Å². The molecule has 0 radical (unpaired) electrons. The number of nitrogens with zero attached hydrogens (tertiary/aromatic N) is 5. The number of amides is 1. The van der Waals surface area contributed by atoms with Gasteiger partial charge in [0, 0.05) is 38.4 Å². The maximum absolute atomic E-state index is 13.5. The van der Waals surface area contributed by atoms with Gasteiger partial charge in [-0.05, 0) is 50.5 Å². The second-order valence-electron chi connectivity index (χ2n) is 10.3. The first-order valence-corrected chi connectivity index (χ1v) is 12.1. The van der Waals surface area contributed by atoms with Crippen molar-refractivity contribution in [1.82, 2.24) is 19.7 Å². The zero-order valence-electron chi connectivity index (χ0n) is 22.1. The molecule has 1 aromatic heterocycles. The third-order valence-corrected chi connectivity index (χ3v) is 6.29. The number of fused-ring (bicyclic) bond motifs is 1. The fourth-order valence-corrected chi connectivity index (χ4v) is 4.33. The molecule has 0 bridgehead atoms. The molecule has 0 atom stereocenters. The van der Waals surface area contributed by atoms with Crippen molar-refractivity contribution in [1.29, 1.82) is 0 Å². The summed E-state index contributed by atoms with van der Waals surface area (Å²) >= 11 is 0. The van der Waals surface area contributed by atoms with Crippen LogP contribution in [0.15, 0.2) is 51.8 Å². The predicted octanol–water partition coefficient (Wildman–Crippen LogP) is 2.89. The standard InChI is InChI=1S/C27H33N5O5/c1-18-11-12-19(25-28-37-26(35)29(25)5)13-22(18)31(17-24(34)36-27(2,3)4)16-23(33)30(6)32-14-20-9-7-8-10-21(20)15-32/h7-13H,14-17H2,1-6H3. The number of esters is 1. The number of ether oxygens (including phenoxy) is 1. The summed E-state index contributed by atoms with van der Waals surface area (Å²) in [4.78, 5) is 39.8. The van der Waals surface area contributed by atoms with Gasteiger partial charge in [0.1, 0.15) is 12.1 Å². The van der Waals surface area contributed by atoms with Crippen molar-refractivity contribution in [2.24, 2.45) is 7.05 Å². The number of aromatic nitrogens is 2. The molecule has 37 heavy (non-hydrogen) atoms. The van der Waals surface area contributed by atoms with Crippen molar-refractivity contribution in [3.63, 3.8) is 0 Å². The van der Waals surface area contributed by atoms with Crippen LogP contribution in [0.25, 0.3) is 11.4 Å². The van der Waals surface area contributed by atoms with E-state index < -0.39 is 17.3 Å². The van der Waals surface area contributed by atoms with Gasteiger partial charge in [0.05, 0.1) is 6.54 Å². The maximum atomic E-state index is 13.5. The Balaban J connectivity index is 1.61. The summed E-state index contributed by atoms with van der Waals surface area (Å²) in [6.07, 6.45) is 0. The van der Waals surface area contributed by atoms with Gasteiger partial charge in [-0.1, -0.05) is 41.6 Å². The quantitative estimate of drug-likeness (QED) is 0.450. The molecule has 10 nitrogen and oxygen atoms in total. The van der Waals surface area contributed by atoms with E-state index in [1.54, 1.807) is 50.8 Å². The van der Waals surface area contributed by atoms with Crippen LogP contribution in [-0.2, 0) is 34.5 Å². The van der Waals surface area contributed by atoms with Gasteiger partial charge in [-0.3, -0.25) is 23.7 Å². The lowest BCUT2D eigenvalue weighted by molar-refractivity contribution is -0.153. The average Bonchev–Trinajstić information content (AvgIpc) is 3.40. The molecule has 4 rings (SSSR count). The molecule has 2 aromatic carbocycles. The van der Waals surface area contributed by atoms with Gasteiger partial charge >= 0.3 is 11.7 Å². The van der Waals surface area contributed by atoms with Crippen LogP contribution in [0, 0.1) is 6.92 Å². The molecular formula is C27H33N5O5. The third kappa shape index (κ3) is 5.91. The Morgan fingerprint density at radius 3 is 2.30 bits per heavy atom. The van der Waals surface area contributed by atoms with Crippen molar-refractivity contribution in [3.8, 4) is 11.4 Å². The molecule has 0 aliphatic carbocycles.